The van der Waals surface area contributed by atoms with E-state index < -0.39 is 0 Å². The maximum Gasteiger partial charge on any atom is 0.191 e. The van der Waals surface area contributed by atoms with Crippen LogP contribution in [0, 0.1) is 0 Å². The summed E-state index contributed by atoms with van der Waals surface area (Å²) >= 11 is 0. The predicted octanol–water partition coefficient (Wildman–Crippen LogP) is 2.81. The third-order valence-corrected chi connectivity index (χ3v) is 3.89. The summed E-state index contributed by atoms with van der Waals surface area (Å²) in [4.78, 5) is 4.52. The molecule has 0 bridgehead atoms. The minimum Gasteiger partial charge on any atom is -0.508 e. The van der Waals surface area contributed by atoms with Gasteiger partial charge < -0.3 is 25.0 Å². The Morgan fingerprint density at radius 2 is 2.12 bits per heavy atom. The lowest BCUT2D eigenvalue weighted by atomic mass is 10.1. The molecule has 0 unspecified atom stereocenters. The number of guanidine groups is 1. The van der Waals surface area contributed by atoms with Crippen molar-refractivity contribution in [2.45, 2.75) is 39.7 Å². The molecule has 0 radical (unpaired) electrons. The van der Waals surface area contributed by atoms with Crippen LogP contribution in [0.3, 0.4) is 0 Å². The van der Waals surface area contributed by atoms with Crippen molar-refractivity contribution < 1.29 is 14.4 Å². The monoisotopic (exact) mass is 360 g/mol. The number of nitrogens with zero attached hydrogens (tertiary/aromatic N) is 2. The van der Waals surface area contributed by atoms with Crippen molar-refractivity contribution in [1.82, 2.24) is 15.8 Å². The lowest BCUT2D eigenvalue weighted by Gasteiger charge is -2.12. The van der Waals surface area contributed by atoms with Crippen LogP contribution in [0.15, 0.2) is 33.8 Å². The van der Waals surface area contributed by atoms with Crippen molar-refractivity contribution in [1.29, 1.82) is 0 Å². The summed E-state index contributed by atoms with van der Waals surface area (Å²) in [5, 5.41) is 20.5. The summed E-state index contributed by atoms with van der Waals surface area (Å²) in [7, 11) is 1.58. The van der Waals surface area contributed by atoms with E-state index >= 15 is 0 Å². The molecular weight excluding hydrogens is 332 g/mol. The molecule has 1 aromatic carbocycles. The van der Waals surface area contributed by atoms with E-state index in [0.29, 0.717) is 37.1 Å². The summed E-state index contributed by atoms with van der Waals surface area (Å²) in [6.07, 6.45) is 0.667. The Bertz CT molecular complexity index is 725. The number of benzene rings is 1. The normalized spacial score (nSPS) is 11.7. The highest BCUT2D eigenvalue weighted by Gasteiger charge is 2.08. The standard InChI is InChI=1S/C19H28N4O3/c1-5-20-19(22-12-16-10-17(13(2)3)23-26-16)21-9-8-14-6-7-15(25-4)11-18(14)24/h6-7,10-11,13,24H,5,8-9,12H2,1-4H3,(H2,20,21,22). The van der Waals surface area contributed by atoms with Gasteiger partial charge in [0, 0.05) is 25.2 Å². The second kappa shape index (κ2) is 9.70. The van der Waals surface area contributed by atoms with Crippen molar-refractivity contribution in [2.24, 2.45) is 4.99 Å². The van der Waals surface area contributed by atoms with Crippen LogP contribution in [-0.4, -0.2) is 36.4 Å². The maximum atomic E-state index is 10.0. The average Bonchev–Trinajstić information content (AvgIpc) is 3.10. The van der Waals surface area contributed by atoms with Crippen LogP contribution < -0.4 is 15.4 Å². The van der Waals surface area contributed by atoms with E-state index in [9.17, 15) is 5.11 Å². The molecule has 0 saturated carbocycles. The van der Waals surface area contributed by atoms with Crippen molar-refractivity contribution in [2.75, 3.05) is 20.2 Å². The van der Waals surface area contributed by atoms with Gasteiger partial charge in [-0.3, -0.25) is 0 Å². The van der Waals surface area contributed by atoms with Crippen molar-refractivity contribution in [3.8, 4) is 11.5 Å². The molecule has 0 aliphatic heterocycles. The van der Waals surface area contributed by atoms with Gasteiger partial charge in [-0.15, -0.1) is 0 Å². The molecule has 0 aliphatic rings. The van der Waals surface area contributed by atoms with E-state index in [1.54, 1.807) is 13.2 Å². The second-order valence-electron chi connectivity index (χ2n) is 6.24. The first-order valence-corrected chi connectivity index (χ1v) is 8.87. The third-order valence-electron chi connectivity index (χ3n) is 3.89. The molecule has 3 N–H and O–H groups in total. The van der Waals surface area contributed by atoms with Crippen LogP contribution in [0.2, 0.25) is 0 Å². The highest BCUT2D eigenvalue weighted by molar-refractivity contribution is 5.79. The summed E-state index contributed by atoms with van der Waals surface area (Å²) in [5.74, 6) is 2.64. The minimum absolute atomic E-state index is 0.232. The van der Waals surface area contributed by atoms with E-state index in [1.807, 2.05) is 25.1 Å². The molecule has 2 rings (SSSR count). The number of phenols is 1. The molecule has 2 aromatic rings. The molecule has 0 saturated heterocycles. The van der Waals surface area contributed by atoms with Gasteiger partial charge in [0.05, 0.1) is 12.8 Å². The Labute approximate surface area is 154 Å². The van der Waals surface area contributed by atoms with Gasteiger partial charge in [-0.05, 0) is 30.9 Å². The van der Waals surface area contributed by atoms with Gasteiger partial charge in [-0.1, -0.05) is 25.1 Å². The van der Waals surface area contributed by atoms with Gasteiger partial charge in [0.2, 0.25) is 0 Å². The Morgan fingerprint density at radius 1 is 1.31 bits per heavy atom. The van der Waals surface area contributed by atoms with Gasteiger partial charge in [-0.2, -0.15) is 0 Å². The first-order chi connectivity index (χ1) is 12.5. The third kappa shape index (κ3) is 5.68. The smallest absolute Gasteiger partial charge is 0.191 e. The van der Waals surface area contributed by atoms with Crippen LogP contribution in [0.5, 0.6) is 11.5 Å². The zero-order chi connectivity index (χ0) is 18.9. The first-order valence-electron chi connectivity index (χ1n) is 8.87. The SMILES string of the molecule is CCNC(=NCc1cc(C(C)C)no1)NCCc1ccc(OC)cc1O. The molecule has 0 atom stereocenters. The van der Waals surface area contributed by atoms with E-state index in [2.05, 4.69) is 34.6 Å². The molecule has 1 heterocycles. The number of aromatic nitrogens is 1. The first kappa shape index (κ1) is 19.6. The Balaban J connectivity index is 1.90. The summed E-state index contributed by atoms with van der Waals surface area (Å²) < 4.78 is 10.4. The fourth-order valence-corrected chi connectivity index (χ4v) is 2.37. The molecule has 142 valence electrons. The number of hydrogen-bond acceptors (Lipinski definition) is 5. The van der Waals surface area contributed by atoms with Crippen molar-refractivity contribution in [3.63, 3.8) is 0 Å². The fourth-order valence-electron chi connectivity index (χ4n) is 2.37. The van der Waals surface area contributed by atoms with Gasteiger partial charge in [0.15, 0.2) is 11.7 Å². The van der Waals surface area contributed by atoms with Crippen LogP contribution in [-0.2, 0) is 13.0 Å². The number of rotatable bonds is 8. The van der Waals surface area contributed by atoms with Crippen molar-refractivity contribution in [3.05, 3.63) is 41.3 Å². The number of nitrogens with one attached hydrogen (secondary N) is 2. The van der Waals surface area contributed by atoms with Gasteiger partial charge >= 0.3 is 0 Å². The van der Waals surface area contributed by atoms with E-state index in [-0.39, 0.29) is 5.75 Å². The molecule has 0 spiro atoms. The number of hydrogen-bond donors (Lipinski definition) is 3. The average molecular weight is 360 g/mol. The Kier molecular flexibility index (Phi) is 7.32. The Hall–Kier alpha value is -2.70. The lowest BCUT2D eigenvalue weighted by molar-refractivity contribution is 0.376. The molecule has 1 aromatic heterocycles. The quantitative estimate of drug-likeness (QED) is 0.495. The summed E-state index contributed by atoms with van der Waals surface area (Å²) in [5.41, 5.74) is 1.79. The van der Waals surface area contributed by atoms with Crippen LogP contribution in [0.25, 0.3) is 0 Å². The zero-order valence-corrected chi connectivity index (χ0v) is 15.9. The van der Waals surface area contributed by atoms with Crippen LogP contribution in [0.1, 0.15) is 43.7 Å². The molecule has 0 amide bonds. The number of ether oxygens (including phenoxy) is 1. The van der Waals surface area contributed by atoms with Gasteiger partial charge in [0.25, 0.3) is 0 Å². The number of aromatic hydroxyl groups is 1. The zero-order valence-electron chi connectivity index (χ0n) is 15.9. The minimum atomic E-state index is 0.232. The van der Waals surface area contributed by atoms with Gasteiger partial charge in [-0.25, -0.2) is 4.99 Å². The van der Waals surface area contributed by atoms with E-state index in [4.69, 9.17) is 9.26 Å². The highest BCUT2D eigenvalue weighted by atomic mass is 16.5. The van der Waals surface area contributed by atoms with Crippen molar-refractivity contribution >= 4 is 5.96 Å². The summed E-state index contributed by atoms with van der Waals surface area (Å²) in [6, 6.07) is 7.25. The fraction of sp³-hybridized carbons (Fsp3) is 0.474. The lowest BCUT2D eigenvalue weighted by Crippen LogP contribution is -2.38. The summed E-state index contributed by atoms with van der Waals surface area (Å²) in [6.45, 7) is 7.98. The number of phenolic OH excluding ortho intramolecular Hbond substituents is 1. The highest BCUT2D eigenvalue weighted by Crippen LogP contribution is 2.23. The molecule has 0 aliphatic carbocycles. The van der Waals surface area contributed by atoms with Gasteiger partial charge in [0.1, 0.15) is 18.0 Å². The van der Waals surface area contributed by atoms with Crippen LogP contribution >= 0.6 is 0 Å². The largest absolute Gasteiger partial charge is 0.508 e. The van der Waals surface area contributed by atoms with E-state index in [0.717, 1.165) is 23.6 Å². The Morgan fingerprint density at radius 3 is 2.73 bits per heavy atom. The number of aliphatic imine (C=N–C) groups is 1. The predicted molar refractivity (Wildman–Crippen MR) is 102 cm³/mol. The molecular formula is C19H28N4O3. The molecule has 0 fully saturated rings. The topological polar surface area (TPSA) is 91.9 Å². The maximum absolute atomic E-state index is 10.0. The second-order valence-corrected chi connectivity index (χ2v) is 6.24. The molecule has 7 nitrogen and oxygen atoms in total. The molecule has 7 heteroatoms. The van der Waals surface area contributed by atoms with Crippen LogP contribution in [0.4, 0.5) is 0 Å². The number of methoxy groups -OCH3 is 1. The molecule has 26 heavy (non-hydrogen) atoms. The van der Waals surface area contributed by atoms with E-state index in [1.165, 1.54) is 0 Å².